The predicted molar refractivity (Wildman–Crippen MR) is 259 cm³/mol. The lowest BCUT2D eigenvalue weighted by Crippen LogP contribution is -2.10. The van der Waals surface area contributed by atoms with Gasteiger partial charge in [-0.3, -0.25) is 4.57 Å². The Bertz CT molecular complexity index is 3340. The minimum atomic E-state index is 0.0492. The summed E-state index contributed by atoms with van der Waals surface area (Å²) in [6, 6.07) is 60.9. The van der Waals surface area contributed by atoms with E-state index in [0.717, 1.165) is 61.0 Å². The highest BCUT2D eigenvalue weighted by Gasteiger charge is 2.20. The lowest BCUT2D eigenvalue weighted by Gasteiger charge is -2.19. The fourth-order valence-corrected chi connectivity index (χ4v) is 8.68. The molecule has 0 fully saturated rings. The van der Waals surface area contributed by atoms with Crippen LogP contribution in [0.4, 0.5) is 0 Å². The van der Waals surface area contributed by atoms with Gasteiger partial charge in [0.1, 0.15) is 0 Å². The number of para-hydroxylation sites is 2. The highest BCUT2D eigenvalue weighted by atomic mass is 15.2. The van der Waals surface area contributed by atoms with Gasteiger partial charge in [0, 0.05) is 33.4 Å². The summed E-state index contributed by atoms with van der Waals surface area (Å²) in [5.41, 5.74) is 15.5. The van der Waals surface area contributed by atoms with Crippen LogP contribution in [0, 0.1) is 0 Å². The molecule has 0 unspecified atom stereocenters. The van der Waals surface area contributed by atoms with Crippen molar-refractivity contribution in [2.75, 3.05) is 0 Å². The van der Waals surface area contributed by atoms with Gasteiger partial charge in [-0.15, -0.1) is 0 Å². The van der Waals surface area contributed by atoms with Gasteiger partial charge in [0.2, 0.25) is 5.95 Å². The molecule has 0 saturated carbocycles. The van der Waals surface area contributed by atoms with E-state index in [4.69, 9.17) is 9.97 Å². The number of rotatable bonds is 8. The molecule has 10 aromatic rings. The summed E-state index contributed by atoms with van der Waals surface area (Å²) in [5, 5.41) is 4.81. The van der Waals surface area contributed by atoms with Gasteiger partial charge in [-0.05, 0) is 118 Å². The fraction of sp³-hybridized carbons (Fsp3) is 0.0877. The Labute approximate surface area is 357 Å². The molecule has 3 aromatic heterocycles. The Morgan fingerprint density at radius 2 is 1.15 bits per heavy atom. The van der Waals surface area contributed by atoms with Crippen LogP contribution in [0.15, 0.2) is 201 Å². The molecule has 0 amide bonds. The molecule has 0 spiro atoms. The van der Waals surface area contributed by atoms with Gasteiger partial charge in [-0.1, -0.05) is 155 Å². The van der Waals surface area contributed by atoms with Crippen molar-refractivity contribution in [2.24, 2.45) is 0 Å². The molecule has 3 heterocycles. The van der Waals surface area contributed by atoms with E-state index in [-0.39, 0.29) is 5.41 Å². The quantitative estimate of drug-likeness (QED) is 0.144. The van der Waals surface area contributed by atoms with E-state index in [0.29, 0.717) is 5.95 Å². The molecule has 294 valence electrons. The van der Waals surface area contributed by atoms with Crippen LogP contribution in [0.2, 0.25) is 0 Å². The summed E-state index contributed by atoms with van der Waals surface area (Å²) >= 11 is 0. The molecule has 0 aliphatic carbocycles. The molecule has 4 heteroatoms. The van der Waals surface area contributed by atoms with Crippen molar-refractivity contribution in [3.05, 3.63) is 218 Å². The van der Waals surface area contributed by atoms with Crippen molar-refractivity contribution in [1.82, 2.24) is 19.1 Å². The zero-order valence-electron chi connectivity index (χ0n) is 35.0. The Hall–Kier alpha value is -7.56. The molecule has 61 heavy (non-hydrogen) atoms. The van der Waals surface area contributed by atoms with E-state index >= 15 is 0 Å². The maximum Gasteiger partial charge on any atom is 0.235 e. The summed E-state index contributed by atoms with van der Waals surface area (Å²) in [6.45, 7) is 13.4. The fourth-order valence-electron chi connectivity index (χ4n) is 8.68. The molecule has 7 aromatic carbocycles. The van der Waals surface area contributed by atoms with Crippen molar-refractivity contribution in [3.63, 3.8) is 0 Å². The van der Waals surface area contributed by atoms with Gasteiger partial charge in [0.05, 0.1) is 27.8 Å². The molecule has 0 aliphatic heterocycles. The van der Waals surface area contributed by atoms with E-state index in [9.17, 15) is 0 Å². The first kappa shape index (κ1) is 37.7. The van der Waals surface area contributed by atoms with Crippen LogP contribution in [0.3, 0.4) is 0 Å². The molecule has 0 saturated heterocycles. The Kier molecular flexibility index (Phi) is 9.41. The largest absolute Gasteiger partial charge is 0.309 e. The van der Waals surface area contributed by atoms with Crippen molar-refractivity contribution in [1.29, 1.82) is 0 Å². The molecule has 0 atom stereocenters. The molecule has 0 radical (unpaired) electrons. The van der Waals surface area contributed by atoms with E-state index in [2.05, 4.69) is 212 Å². The molecule has 0 bridgehead atoms. The summed E-state index contributed by atoms with van der Waals surface area (Å²) in [6.07, 6.45) is 8.13. The van der Waals surface area contributed by atoms with Crippen molar-refractivity contribution < 1.29 is 0 Å². The molecule has 10 rings (SSSR count). The second kappa shape index (κ2) is 15.2. The van der Waals surface area contributed by atoms with Gasteiger partial charge in [-0.2, -0.15) is 0 Å². The summed E-state index contributed by atoms with van der Waals surface area (Å²) in [7, 11) is 0. The minimum absolute atomic E-state index is 0.0492. The Morgan fingerprint density at radius 1 is 0.541 bits per heavy atom. The third kappa shape index (κ3) is 6.86. The monoisotopic (exact) mass is 786 g/mol. The topological polar surface area (TPSA) is 35.6 Å². The van der Waals surface area contributed by atoms with E-state index in [1.54, 1.807) is 0 Å². The molecule has 0 N–H and O–H groups in total. The molecule has 0 aliphatic rings. The van der Waals surface area contributed by atoms with Crippen molar-refractivity contribution in [3.8, 4) is 33.9 Å². The SMILES string of the molecule is C=C(/C=C(\C=C/C)c1ccc(-c2ccccc2)cc1)c1ccnc(-n2c3ccccc3c3cc(-c4ccc5c6cc(C(C)(C)C)ccc6n(-c6ccccc6)c5c4)ccc32)n1. The predicted octanol–water partition coefficient (Wildman–Crippen LogP) is 15.0. The third-order valence-corrected chi connectivity index (χ3v) is 11.8. The summed E-state index contributed by atoms with van der Waals surface area (Å²) in [4.78, 5) is 10.00. The number of aromatic nitrogens is 4. The maximum atomic E-state index is 5.15. The van der Waals surface area contributed by atoms with Crippen molar-refractivity contribution in [2.45, 2.75) is 33.1 Å². The zero-order valence-corrected chi connectivity index (χ0v) is 35.0. The Morgan fingerprint density at radius 3 is 1.92 bits per heavy atom. The number of nitrogens with zero attached hydrogens (tertiary/aromatic N) is 4. The van der Waals surface area contributed by atoms with E-state index < -0.39 is 0 Å². The van der Waals surface area contributed by atoms with Crippen LogP contribution in [-0.4, -0.2) is 19.1 Å². The van der Waals surface area contributed by atoms with E-state index in [1.165, 1.54) is 38.5 Å². The first-order valence-corrected chi connectivity index (χ1v) is 21.0. The standard InChI is InChI=1S/C57H46N4/c1-6-15-42(41-24-22-40(23-25-41)39-16-9-7-10-17-39)34-38(2)51-32-33-58-56(59-51)61-52-21-14-13-20-47(52)49-35-43(27-30-54(49)61)44-26-29-48-50-37-45(57(3,4)5)28-31-53(50)60(55(48)36-44)46-18-11-8-12-19-46/h6-37H,2H2,1,3-5H3/b15-6-,42-34+. The smallest absolute Gasteiger partial charge is 0.235 e. The lowest BCUT2D eigenvalue weighted by atomic mass is 9.86. The van der Waals surface area contributed by atoms with Crippen LogP contribution in [-0.2, 0) is 5.41 Å². The molecule has 4 nitrogen and oxygen atoms in total. The van der Waals surface area contributed by atoms with Gasteiger partial charge in [-0.25, -0.2) is 9.97 Å². The third-order valence-electron chi connectivity index (χ3n) is 11.8. The van der Waals surface area contributed by atoms with Gasteiger partial charge in [0.15, 0.2) is 0 Å². The van der Waals surface area contributed by atoms with Crippen LogP contribution in [0.25, 0.3) is 88.6 Å². The first-order chi connectivity index (χ1) is 29.7. The summed E-state index contributed by atoms with van der Waals surface area (Å²) in [5.74, 6) is 0.606. The van der Waals surface area contributed by atoms with Gasteiger partial charge >= 0.3 is 0 Å². The van der Waals surface area contributed by atoms with Gasteiger partial charge < -0.3 is 4.57 Å². The molecular formula is C57H46N4. The molecular weight excluding hydrogens is 741 g/mol. The number of allylic oxidation sites excluding steroid dienone is 5. The van der Waals surface area contributed by atoms with Crippen LogP contribution < -0.4 is 0 Å². The van der Waals surface area contributed by atoms with E-state index in [1.807, 2.05) is 25.3 Å². The number of benzene rings is 7. The number of fused-ring (bicyclic) bond motifs is 6. The average molecular weight is 787 g/mol. The van der Waals surface area contributed by atoms with Gasteiger partial charge in [0.25, 0.3) is 0 Å². The minimum Gasteiger partial charge on any atom is -0.309 e. The zero-order chi connectivity index (χ0) is 41.7. The highest BCUT2D eigenvalue weighted by Crippen LogP contribution is 2.39. The number of hydrogen-bond acceptors (Lipinski definition) is 2. The highest BCUT2D eigenvalue weighted by molar-refractivity contribution is 6.12. The normalized spacial score (nSPS) is 12.4. The van der Waals surface area contributed by atoms with Crippen LogP contribution in [0.5, 0.6) is 0 Å². The van der Waals surface area contributed by atoms with Crippen LogP contribution in [0.1, 0.15) is 44.5 Å². The summed E-state index contributed by atoms with van der Waals surface area (Å²) < 4.78 is 4.58. The first-order valence-electron chi connectivity index (χ1n) is 21.0. The average Bonchev–Trinajstić information content (AvgIpc) is 3.81. The maximum absolute atomic E-state index is 5.15. The van der Waals surface area contributed by atoms with Crippen LogP contribution >= 0.6 is 0 Å². The lowest BCUT2D eigenvalue weighted by molar-refractivity contribution is 0.591. The second-order valence-corrected chi connectivity index (χ2v) is 16.8. The Balaban J connectivity index is 1.04. The van der Waals surface area contributed by atoms with Crippen molar-refractivity contribution >= 4 is 54.8 Å². The number of hydrogen-bond donors (Lipinski definition) is 0. The second-order valence-electron chi connectivity index (χ2n) is 16.8.